The Morgan fingerprint density at radius 3 is 2.88 bits per heavy atom. The van der Waals surface area contributed by atoms with Crippen molar-refractivity contribution in [3.05, 3.63) is 52.8 Å². The summed E-state index contributed by atoms with van der Waals surface area (Å²) >= 11 is 7.77. The SMILES string of the molecule is Cc1cncc(CSc2cc(N)ccc2Cl)c1. The standard InChI is InChI=1S/C13H13ClN2S/c1-9-4-10(7-16-6-9)8-17-13-5-11(15)2-3-12(13)14/h2-7H,8,15H2,1H3. The molecule has 0 saturated carbocycles. The average Bonchev–Trinajstić information content (AvgIpc) is 2.30. The van der Waals surface area contributed by atoms with Gasteiger partial charge in [-0.25, -0.2) is 0 Å². The molecule has 0 aliphatic rings. The lowest BCUT2D eigenvalue weighted by molar-refractivity contribution is 1.20. The summed E-state index contributed by atoms with van der Waals surface area (Å²) in [6.07, 6.45) is 3.72. The van der Waals surface area contributed by atoms with Gasteiger partial charge in [-0.3, -0.25) is 4.98 Å². The van der Waals surface area contributed by atoms with E-state index < -0.39 is 0 Å². The summed E-state index contributed by atoms with van der Waals surface area (Å²) in [4.78, 5) is 5.17. The number of hydrogen-bond donors (Lipinski definition) is 1. The van der Waals surface area contributed by atoms with E-state index in [2.05, 4.69) is 11.1 Å². The van der Waals surface area contributed by atoms with Crippen LogP contribution in [0.4, 0.5) is 5.69 Å². The maximum Gasteiger partial charge on any atom is 0.0543 e. The Morgan fingerprint density at radius 1 is 1.29 bits per heavy atom. The number of nitrogens with zero attached hydrogens (tertiary/aromatic N) is 1. The zero-order valence-electron chi connectivity index (χ0n) is 9.48. The molecular formula is C13H13ClN2S. The molecule has 0 aliphatic carbocycles. The number of halogens is 1. The maximum atomic E-state index is 6.10. The molecule has 0 unspecified atom stereocenters. The summed E-state index contributed by atoms with van der Waals surface area (Å²) < 4.78 is 0. The lowest BCUT2D eigenvalue weighted by atomic mass is 10.2. The first kappa shape index (κ1) is 12.3. The van der Waals surface area contributed by atoms with Crippen LogP contribution in [0.25, 0.3) is 0 Å². The minimum Gasteiger partial charge on any atom is -0.399 e. The van der Waals surface area contributed by atoms with Crippen molar-refractivity contribution in [2.75, 3.05) is 5.73 Å². The van der Waals surface area contributed by atoms with E-state index in [9.17, 15) is 0 Å². The molecule has 2 rings (SSSR count). The number of aryl methyl sites for hydroxylation is 1. The molecule has 4 heteroatoms. The summed E-state index contributed by atoms with van der Waals surface area (Å²) in [5.41, 5.74) is 8.83. The summed E-state index contributed by atoms with van der Waals surface area (Å²) in [5, 5.41) is 0.741. The van der Waals surface area contributed by atoms with E-state index in [0.29, 0.717) is 0 Å². The highest BCUT2D eigenvalue weighted by Gasteiger charge is 2.02. The van der Waals surface area contributed by atoms with Gasteiger partial charge in [-0.2, -0.15) is 0 Å². The van der Waals surface area contributed by atoms with Crippen LogP contribution >= 0.6 is 23.4 Å². The van der Waals surface area contributed by atoms with Crippen LogP contribution in [0.1, 0.15) is 11.1 Å². The third-order valence-corrected chi connectivity index (χ3v) is 3.85. The van der Waals surface area contributed by atoms with Gasteiger partial charge in [-0.1, -0.05) is 17.7 Å². The molecule has 2 N–H and O–H groups in total. The van der Waals surface area contributed by atoms with Gasteiger partial charge in [-0.05, 0) is 36.2 Å². The van der Waals surface area contributed by atoms with E-state index in [1.54, 1.807) is 17.8 Å². The predicted octanol–water partition coefficient (Wildman–Crippen LogP) is 3.92. The number of anilines is 1. The molecule has 2 aromatic rings. The van der Waals surface area contributed by atoms with Gasteiger partial charge in [0.05, 0.1) is 5.02 Å². The van der Waals surface area contributed by atoms with Crippen LogP contribution in [0.3, 0.4) is 0 Å². The Labute approximate surface area is 110 Å². The number of benzene rings is 1. The zero-order valence-corrected chi connectivity index (χ0v) is 11.1. The molecule has 0 aliphatic heterocycles. The second-order valence-electron chi connectivity index (χ2n) is 3.85. The third kappa shape index (κ3) is 3.38. The minimum atomic E-state index is 0.735. The number of pyridine rings is 1. The first-order valence-electron chi connectivity index (χ1n) is 5.23. The highest BCUT2D eigenvalue weighted by atomic mass is 35.5. The fourth-order valence-corrected chi connectivity index (χ4v) is 2.67. The van der Waals surface area contributed by atoms with E-state index in [0.717, 1.165) is 21.4 Å². The lowest BCUT2D eigenvalue weighted by Crippen LogP contribution is -1.87. The van der Waals surface area contributed by atoms with Crippen molar-refractivity contribution in [2.45, 2.75) is 17.6 Å². The van der Waals surface area contributed by atoms with Crippen LogP contribution in [0.15, 0.2) is 41.6 Å². The average molecular weight is 265 g/mol. The number of rotatable bonds is 3. The second-order valence-corrected chi connectivity index (χ2v) is 5.27. The van der Waals surface area contributed by atoms with Gasteiger partial charge >= 0.3 is 0 Å². The normalized spacial score (nSPS) is 10.5. The summed E-state index contributed by atoms with van der Waals surface area (Å²) in [7, 11) is 0. The Hall–Kier alpha value is -1.19. The summed E-state index contributed by atoms with van der Waals surface area (Å²) in [5.74, 6) is 0.845. The van der Waals surface area contributed by atoms with Crippen LogP contribution in [-0.2, 0) is 5.75 Å². The van der Waals surface area contributed by atoms with Crippen LogP contribution in [-0.4, -0.2) is 4.98 Å². The quantitative estimate of drug-likeness (QED) is 0.675. The third-order valence-electron chi connectivity index (χ3n) is 2.28. The summed E-state index contributed by atoms with van der Waals surface area (Å²) in [6.45, 7) is 2.04. The molecule has 0 atom stereocenters. The molecular weight excluding hydrogens is 252 g/mol. The monoisotopic (exact) mass is 264 g/mol. The van der Waals surface area contributed by atoms with Crippen LogP contribution in [0.2, 0.25) is 5.02 Å². The second kappa shape index (κ2) is 5.43. The van der Waals surface area contributed by atoms with E-state index >= 15 is 0 Å². The van der Waals surface area contributed by atoms with Crippen LogP contribution in [0, 0.1) is 6.92 Å². The molecule has 88 valence electrons. The van der Waals surface area contributed by atoms with Crippen molar-refractivity contribution in [1.29, 1.82) is 0 Å². The predicted molar refractivity (Wildman–Crippen MR) is 74.4 cm³/mol. The molecule has 0 amide bonds. The maximum absolute atomic E-state index is 6.10. The Balaban J connectivity index is 2.09. The highest BCUT2D eigenvalue weighted by molar-refractivity contribution is 7.98. The van der Waals surface area contributed by atoms with Gasteiger partial charge in [0.1, 0.15) is 0 Å². The first-order valence-corrected chi connectivity index (χ1v) is 6.60. The highest BCUT2D eigenvalue weighted by Crippen LogP contribution is 2.31. The fraction of sp³-hybridized carbons (Fsp3) is 0.154. The lowest BCUT2D eigenvalue weighted by Gasteiger charge is -2.05. The molecule has 0 radical (unpaired) electrons. The number of hydrogen-bond acceptors (Lipinski definition) is 3. The molecule has 0 bridgehead atoms. The van der Waals surface area contributed by atoms with Gasteiger partial charge in [-0.15, -0.1) is 11.8 Å². The van der Waals surface area contributed by atoms with Crippen molar-refractivity contribution in [1.82, 2.24) is 4.98 Å². The molecule has 1 heterocycles. The Bertz CT molecular complexity index is 529. The van der Waals surface area contributed by atoms with Gasteiger partial charge in [0.2, 0.25) is 0 Å². The van der Waals surface area contributed by atoms with E-state index in [1.807, 2.05) is 31.5 Å². The Morgan fingerprint density at radius 2 is 2.12 bits per heavy atom. The number of aromatic nitrogens is 1. The number of nitrogens with two attached hydrogens (primary N) is 1. The van der Waals surface area contributed by atoms with Gasteiger partial charge in [0, 0.05) is 28.7 Å². The zero-order chi connectivity index (χ0) is 12.3. The van der Waals surface area contributed by atoms with Crippen LogP contribution in [0.5, 0.6) is 0 Å². The number of nitrogen functional groups attached to an aromatic ring is 1. The Kier molecular flexibility index (Phi) is 3.92. The molecule has 2 nitrogen and oxygen atoms in total. The van der Waals surface area contributed by atoms with Crippen LogP contribution < -0.4 is 5.73 Å². The molecule has 1 aromatic carbocycles. The van der Waals surface area contributed by atoms with E-state index in [-0.39, 0.29) is 0 Å². The first-order chi connectivity index (χ1) is 8.15. The largest absolute Gasteiger partial charge is 0.399 e. The van der Waals surface area contributed by atoms with E-state index in [4.69, 9.17) is 17.3 Å². The molecule has 0 spiro atoms. The van der Waals surface area contributed by atoms with Crippen molar-refractivity contribution in [2.24, 2.45) is 0 Å². The minimum absolute atomic E-state index is 0.735. The topological polar surface area (TPSA) is 38.9 Å². The molecule has 17 heavy (non-hydrogen) atoms. The molecule has 0 saturated heterocycles. The van der Waals surface area contributed by atoms with Crippen molar-refractivity contribution < 1.29 is 0 Å². The summed E-state index contributed by atoms with van der Waals surface area (Å²) in [6, 6.07) is 7.66. The molecule has 0 fully saturated rings. The fourth-order valence-electron chi connectivity index (χ4n) is 1.49. The van der Waals surface area contributed by atoms with Crippen molar-refractivity contribution in [3.8, 4) is 0 Å². The van der Waals surface area contributed by atoms with Gasteiger partial charge in [0.25, 0.3) is 0 Å². The van der Waals surface area contributed by atoms with E-state index in [1.165, 1.54) is 11.1 Å². The van der Waals surface area contributed by atoms with Gasteiger partial charge < -0.3 is 5.73 Å². The van der Waals surface area contributed by atoms with Gasteiger partial charge in [0.15, 0.2) is 0 Å². The van der Waals surface area contributed by atoms with Crippen molar-refractivity contribution in [3.63, 3.8) is 0 Å². The smallest absolute Gasteiger partial charge is 0.0543 e. The molecule has 1 aromatic heterocycles. The van der Waals surface area contributed by atoms with Crippen molar-refractivity contribution >= 4 is 29.1 Å². The number of thioether (sulfide) groups is 1.